The molecule has 0 unspecified atom stereocenters. The summed E-state index contributed by atoms with van der Waals surface area (Å²) >= 11 is 0. The van der Waals surface area contributed by atoms with Crippen LogP contribution >= 0.6 is 0 Å². The lowest BCUT2D eigenvalue weighted by molar-refractivity contribution is -0.384. The molecule has 0 aliphatic heterocycles. The number of hydrogen-bond acceptors (Lipinski definition) is 7. The minimum Gasteiger partial charge on any atom is -0.493 e. The molecule has 0 aliphatic rings. The number of rotatable bonds is 5. The summed E-state index contributed by atoms with van der Waals surface area (Å²) in [4.78, 5) is 48.4. The van der Waals surface area contributed by atoms with Crippen molar-refractivity contribution in [1.29, 1.82) is 0 Å². The average Bonchev–Trinajstić information content (AvgIpc) is 2.70. The van der Waals surface area contributed by atoms with Crippen LogP contribution in [0.15, 0.2) is 63.2 Å². The summed E-state index contributed by atoms with van der Waals surface area (Å²) in [7, 11) is 0. The van der Waals surface area contributed by atoms with Crippen LogP contribution in [-0.4, -0.2) is 31.7 Å². The molecule has 0 spiro atoms. The van der Waals surface area contributed by atoms with Crippen molar-refractivity contribution >= 4 is 17.8 Å². The number of non-ortho nitro benzene ring substituents is 1. The Morgan fingerprint density at radius 1 is 1.23 bits per heavy atom. The number of aryl methyl sites for hydroxylation is 1. The highest BCUT2D eigenvalue weighted by atomic mass is 16.6. The normalized spacial score (nSPS) is 10.8. The fourth-order valence-electron chi connectivity index (χ4n) is 2.62. The minimum atomic E-state index is -0.894. The van der Waals surface area contributed by atoms with E-state index in [4.69, 9.17) is 0 Å². The van der Waals surface area contributed by atoms with Gasteiger partial charge in [0.15, 0.2) is 0 Å². The van der Waals surface area contributed by atoms with Gasteiger partial charge in [-0.15, -0.1) is 0 Å². The van der Waals surface area contributed by atoms with Crippen LogP contribution in [-0.2, 0) is 0 Å². The van der Waals surface area contributed by atoms with Crippen LogP contribution in [0.4, 0.5) is 5.69 Å². The Bertz CT molecular complexity index is 1270. The lowest BCUT2D eigenvalue weighted by Crippen LogP contribution is -2.31. The van der Waals surface area contributed by atoms with E-state index in [9.17, 15) is 29.6 Å². The van der Waals surface area contributed by atoms with Crippen LogP contribution < -0.4 is 16.7 Å². The maximum absolute atomic E-state index is 12.2. The molecule has 3 aromatic rings. The van der Waals surface area contributed by atoms with E-state index in [2.05, 4.69) is 15.5 Å². The SMILES string of the molecule is Cc1cccc(-n2c(O)c(C=NNC(=O)c3ccc([N+](=O)[O-])cc3)c(=O)[nH]c2=O)c1. The molecule has 0 saturated carbocycles. The molecule has 11 heteroatoms. The third-order valence-electron chi connectivity index (χ3n) is 4.08. The number of aromatic nitrogens is 2. The number of carbonyl (C=O) groups excluding carboxylic acids is 1. The fraction of sp³-hybridized carbons (Fsp3) is 0.0526. The van der Waals surface area contributed by atoms with Gasteiger partial charge >= 0.3 is 5.69 Å². The summed E-state index contributed by atoms with van der Waals surface area (Å²) in [5, 5.41) is 24.7. The molecule has 1 amide bonds. The molecule has 1 aromatic heterocycles. The van der Waals surface area contributed by atoms with Gasteiger partial charge in [-0.05, 0) is 36.8 Å². The second kappa shape index (κ2) is 8.22. The van der Waals surface area contributed by atoms with Crippen molar-refractivity contribution in [2.24, 2.45) is 5.10 Å². The van der Waals surface area contributed by atoms with E-state index < -0.39 is 28.0 Å². The second-order valence-corrected chi connectivity index (χ2v) is 6.17. The first-order valence-corrected chi connectivity index (χ1v) is 8.51. The number of nitro benzene ring substituents is 1. The van der Waals surface area contributed by atoms with E-state index in [1.807, 2.05) is 0 Å². The Hall–Kier alpha value is -4.54. The predicted octanol–water partition coefficient (Wildman–Crippen LogP) is 1.21. The molecular weight excluding hydrogens is 394 g/mol. The van der Waals surface area contributed by atoms with Gasteiger partial charge in [0, 0.05) is 17.7 Å². The molecule has 3 N–H and O–H groups in total. The molecule has 152 valence electrons. The van der Waals surface area contributed by atoms with Gasteiger partial charge in [0.1, 0.15) is 5.56 Å². The van der Waals surface area contributed by atoms with Gasteiger partial charge in [0.25, 0.3) is 17.2 Å². The maximum atomic E-state index is 12.2. The van der Waals surface area contributed by atoms with Gasteiger partial charge in [-0.3, -0.25) is 24.7 Å². The number of carbonyl (C=O) groups is 1. The summed E-state index contributed by atoms with van der Waals surface area (Å²) in [6, 6.07) is 11.5. The van der Waals surface area contributed by atoms with Gasteiger partial charge in [0.2, 0.25) is 5.88 Å². The molecule has 0 radical (unpaired) electrons. The van der Waals surface area contributed by atoms with E-state index in [-0.39, 0.29) is 16.8 Å². The molecular formula is C19H15N5O6. The van der Waals surface area contributed by atoms with Crippen molar-refractivity contribution < 1.29 is 14.8 Å². The lowest BCUT2D eigenvalue weighted by atomic mass is 10.2. The Morgan fingerprint density at radius 3 is 2.57 bits per heavy atom. The molecule has 0 saturated heterocycles. The first-order chi connectivity index (χ1) is 14.3. The summed E-state index contributed by atoms with van der Waals surface area (Å²) in [6.45, 7) is 1.80. The summed E-state index contributed by atoms with van der Waals surface area (Å²) in [5.41, 5.74) is 1.15. The van der Waals surface area contributed by atoms with Crippen LogP contribution in [0.3, 0.4) is 0 Å². The lowest BCUT2D eigenvalue weighted by Gasteiger charge is -2.10. The number of hydrazone groups is 1. The Morgan fingerprint density at radius 2 is 1.93 bits per heavy atom. The molecule has 0 aliphatic carbocycles. The topological polar surface area (TPSA) is 160 Å². The van der Waals surface area contributed by atoms with Crippen LogP contribution in [0.5, 0.6) is 5.88 Å². The van der Waals surface area contributed by atoms with E-state index >= 15 is 0 Å². The molecule has 0 bridgehead atoms. The van der Waals surface area contributed by atoms with Gasteiger partial charge in [-0.2, -0.15) is 5.10 Å². The van der Waals surface area contributed by atoms with Crippen molar-refractivity contribution in [3.63, 3.8) is 0 Å². The highest BCUT2D eigenvalue weighted by molar-refractivity contribution is 5.95. The highest BCUT2D eigenvalue weighted by Crippen LogP contribution is 2.16. The van der Waals surface area contributed by atoms with Gasteiger partial charge in [0.05, 0.1) is 16.8 Å². The zero-order chi connectivity index (χ0) is 21.8. The average molecular weight is 409 g/mol. The summed E-state index contributed by atoms with van der Waals surface area (Å²) in [5.74, 6) is -1.34. The Balaban J connectivity index is 1.87. The largest absolute Gasteiger partial charge is 0.493 e. The number of amides is 1. The fourth-order valence-corrected chi connectivity index (χ4v) is 2.62. The van der Waals surface area contributed by atoms with Crippen LogP contribution in [0.1, 0.15) is 21.5 Å². The highest BCUT2D eigenvalue weighted by Gasteiger charge is 2.15. The molecule has 1 heterocycles. The van der Waals surface area contributed by atoms with Gasteiger partial charge < -0.3 is 5.11 Å². The van der Waals surface area contributed by atoms with Crippen molar-refractivity contribution in [2.45, 2.75) is 6.92 Å². The minimum absolute atomic E-state index is 0.0978. The molecule has 3 rings (SSSR count). The van der Waals surface area contributed by atoms with Gasteiger partial charge in [-0.1, -0.05) is 12.1 Å². The standard InChI is InChI=1S/C19H15N5O6/c1-11-3-2-4-14(9-11)23-18(27)15(17(26)21-19(23)28)10-20-22-16(25)12-5-7-13(8-6-12)24(29)30/h2-10,27H,1H3,(H,22,25)(H,21,26,28). The molecule has 0 atom stereocenters. The smallest absolute Gasteiger partial charge is 0.335 e. The zero-order valence-corrected chi connectivity index (χ0v) is 15.5. The third-order valence-corrected chi connectivity index (χ3v) is 4.08. The quantitative estimate of drug-likeness (QED) is 0.326. The predicted molar refractivity (Wildman–Crippen MR) is 107 cm³/mol. The number of nitrogens with zero attached hydrogens (tertiary/aromatic N) is 3. The van der Waals surface area contributed by atoms with Gasteiger partial charge in [-0.25, -0.2) is 14.8 Å². The number of nitro groups is 1. The van der Waals surface area contributed by atoms with Crippen LogP contribution in [0.25, 0.3) is 5.69 Å². The van der Waals surface area contributed by atoms with Crippen molar-refractivity contribution in [2.75, 3.05) is 0 Å². The van der Waals surface area contributed by atoms with Crippen LogP contribution in [0, 0.1) is 17.0 Å². The van der Waals surface area contributed by atoms with Crippen molar-refractivity contribution in [1.82, 2.24) is 15.0 Å². The van der Waals surface area contributed by atoms with E-state index in [1.165, 1.54) is 12.1 Å². The third kappa shape index (κ3) is 4.14. The van der Waals surface area contributed by atoms with E-state index in [1.54, 1.807) is 31.2 Å². The second-order valence-electron chi connectivity index (χ2n) is 6.17. The van der Waals surface area contributed by atoms with E-state index in [0.717, 1.165) is 28.5 Å². The van der Waals surface area contributed by atoms with E-state index in [0.29, 0.717) is 5.69 Å². The maximum Gasteiger partial charge on any atom is 0.335 e. The molecule has 11 nitrogen and oxygen atoms in total. The monoisotopic (exact) mass is 409 g/mol. The Labute approximate surface area is 168 Å². The van der Waals surface area contributed by atoms with Crippen molar-refractivity contribution in [3.8, 4) is 11.6 Å². The summed E-state index contributed by atoms with van der Waals surface area (Å²) < 4.78 is 0.897. The molecule has 2 aromatic carbocycles. The molecule has 30 heavy (non-hydrogen) atoms. The first-order valence-electron chi connectivity index (χ1n) is 8.51. The number of benzene rings is 2. The molecule has 0 fully saturated rings. The number of H-pyrrole nitrogens is 1. The van der Waals surface area contributed by atoms with Crippen molar-refractivity contribution in [3.05, 3.63) is 96.2 Å². The zero-order valence-electron chi connectivity index (χ0n) is 15.5. The summed E-state index contributed by atoms with van der Waals surface area (Å²) in [6.07, 6.45) is 0.892. The Kier molecular flexibility index (Phi) is 5.54. The number of nitrogens with one attached hydrogen (secondary N) is 2. The van der Waals surface area contributed by atoms with Crippen LogP contribution in [0.2, 0.25) is 0 Å². The number of aromatic hydroxyl groups is 1. The first kappa shape index (κ1) is 20.2. The number of hydrogen-bond donors (Lipinski definition) is 3. The number of aromatic amines is 1.